The molecule has 2 saturated heterocycles. The minimum absolute atomic E-state index is 0.0276. The first-order valence-corrected chi connectivity index (χ1v) is 15.2. The summed E-state index contributed by atoms with van der Waals surface area (Å²) in [6.45, 7) is 1.73. The normalized spacial score (nSPS) is 23.3. The number of nitrogens with zero attached hydrogens (tertiary/aromatic N) is 2. The van der Waals surface area contributed by atoms with Crippen LogP contribution in [0.4, 0.5) is 5.69 Å². The topological polar surface area (TPSA) is 86.8 Å². The van der Waals surface area contributed by atoms with E-state index >= 15 is 0 Å². The van der Waals surface area contributed by atoms with Gasteiger partial charge in [0.15, 0.2) is 0 Å². The molecule has 2 amide bonds. The van der Waals surface area contributed by atoms with Crippen LogP contribution in [-0.4, -0.2) is 49.1 Å². The molecule has 1 aliphatic carbocycles. The van der Waals surface area contributed by atoms with E-state index in [0.29, 0.717) is 4.91 Å². The van der Waals surface area contributed by atoms with Gasteiger partial charge in [0.1, 0.15) is 10.9 Å². The Morgan fingerprint density at radius 3 is 2.46 bits per heavy atom. The summed E-state index contributed by atoms with van der Waals surface area (Å²) < 4.78 is 27.0. The SMILES string of the molecule is O=C(CN1C(=O)C(=Cc2ccc(N3CCC4CCCCC4C3)cc2)SC1=S)NS(=O)(=O)c1ccccc1. The monoisotopic (exact) mass is 555 g/mol. The van der Waals surface area contributed by atoms with E-state index in [9.17, 15) is 18.0 Å². The molecule has 0 aromatic heterocycles. The highest BCUT2D eigenvalue weighted by Gasteiger charge is 2.34. The largest absolute Gasteiger partial charge is 0.371 e. The number of thioether (sulfide) groups is 1. The van der Waals surface area contributed by atoms with E-state index in [2.05, 4.69) is 17.0 Å². The van der Waals surface area contributed by atoms with Gasteiger partial charge >= 0.3 is 0 Å². The van der Waals surface area contributed by atoms with Crippen LogP contribution in [0.15, 0.2) is 64.4 Å². The van der Waals surface area contributed by atoms with Gasteiger partial charge in [-0.3, -0.25) is 14.5 Å². The summed E-state index contributed by atoms with van der Waals surface area (Å²) >= 11 is 6.41. The fraction of sp³-hybridized carbons (Fsp3) is 0.370. The lowest BCUT2D eigenvalue weighted by atomic mass is 9.75. The quantitative estimate of drug-likeness (QED) is 0.417. The van der Waals surface area contributed by atoms with Crippen LogP contribution >= 0.6 is 24.0 Å². The molecule has 2 aliphatic heterocycles. The van der Waals surface area contributed by atoms with Gasteiger partial charge in [-0.05, 0) is 60.6 Å². The van der Waals surface area contributed by atoms with E-state index in [-0.39, 0.29) is 9.22 Å². The summed E-state index contributed by atoms with van der Waals surface area (Å²) in [5.74, 6) is 0.439. The summed E-state index contributed by atoms with van der Waals surface area (Å²) in [6.07, 6.45) is 8.44. The van der Waals surface area contributed by atoms with Crippen LogP contribution in [0.5, 0.6) is 0 Å². The molecule has 2 unspecified atom stereocenters. The smallest absolute Gasteiger partial charge is 0.266 e. The number of carbonyl (C=O) groups is 2. The van der Waals surface area contributed by atoms with Crippen molar-refractivity contribution in [3.8, 4) is 0 Å². The second-order valence-corrected chi connectivity index (χ2v) is 13.1. The lowest BCUT2D eigenvalue weighted by Gasteiger charge is -2.42. The van der Waals surface area contributed by atoms with Gasteiger partial charge in [-0.25, -0.2) is 13.1 Å². The number of nitrogens with one attached hydrogen (secondary N) is 1. The Morgan fingerprint density at radius 1 is 1.03 bits per heavy atom. The average Bonchev–Trinajstić information content (AvgIpc) is 3.16. The lowest BCUT2D eigenvalue weighted by molar-refractivity contribution is -0.127. The summed E-state index contributed by atoms with van der Waals surface area (Å²) in [7, 11) is -4.02. The molecule has 2 aromatic rings. The molecule has 5 rings (SSSR count). The van der Waals surface area contributed by atoms with Gasteiger partial charge in [-0.2, -0.15) is 0 Å². The van der Waals surface area contributed by atoms with E-state index in [1.807, 2.05) is 16.9 Å². The third-order valence-corrected chi connectivity index (χ3v) is 10.1. The number of hydrogen-bond acceptors (Lipinski definition) is 7. The number of anilines is 1. The summed E-state index contributed by atoms with van der Waals surface area (Å²) in [5.41, 5.74) is 2.07. The standard InChI is InChI=1S/C27H29N3O4S3/c31-25(28-37(33,34)23-8-2-1-3-9-23)18-30-26(32)24(36-27(30)35)16-19-10-12-22(13-11-19)29-15-14-20-6-4-5-7-21(20)17-29/h1-3,8-13,16,20-21H,4-7,14-15,17-18H2,(H,28,31). The zero-order valence-electron chi connectivity index (χ0n) is 20.3. The lowest BCUT2D eigenvalue weighted by Crippen LogP contribution is -2.41. The van der Waals surface area contributed by atoms with Gasteiger partial charge in [0.2, 0.25) is 0 Å². The van der Waals surface area contributed by atoms with Gasteiger partial charge in [0.25, 0.3) is 21.8 Å². The van der Waals surface area contributed by atoms with Crippen LogP contribution < -0.4 is 9.62 Å². The molecule has 10 heteroatoms. The molecule has 2 aromatic carbocycles. The number of piperidine rings is 1. The molecule has 7 nitrogen and oxygen atoms in total. The molecule has 37 heavy (non-hydrogen) atoms. The van der Waals surface area contributed by atoms with Gasteiger partial charge in [-0.15, -0.1) is 0 Å². The van der Waals surface area contributed by atoms with Crippen LogP contribution in [0.25, 0.3) is 6.08 Å². The molecule has 0 bridgehead atoms. The van der Waals surface area contributed by atoms with Crippen LogP contribution in [0.3, 0.4) is 0 Å². The molecule has 2 atom stereocenters. The van der Waals surface area contributed by atoms with E-state index in [0.717, 1.165) is 47.2 Å². The summed E-state index contributed by atoms with van der Waals surface area (Å²) in [5, 5.41) is 0. The number of benzene rings is 2. The second kappa shape index (κ2) is 11.0. The maximum absolute atomic E-state index is 13.0. The maximum atomic E-state index is 13.0. The molecule has 194 valence electrons. The fourth-order valence-electron chi connectivity index (χ4n) is 5.39. The van der Waals surface area contributed by atoms with Gasteiger partial charge in [-0.1, -0.05) is 73.6 Å². The number of fused-ring (bicyclic) bond motifs is 1. The third kappa shape index (κ3) is 5.91. The van der Waals surface area contributed by atoms with Gasteiger partial charge in [0.05, 0.1) is 9.80 Å². The number of sulfonamides is 1. The van der Waals surface area contributed by atoms with Crippen LogP contribution in [0.1, 0.15) is 37.7 Å². The van der Waals surface area contributed by atoms with E-state index < -0.39 is 28.4 Å². The highest BCUT2D eigenvalue weighted by atomic mass is 32.2. The number of thiocarbonyl (C=S) groups is 1. The Bertz CT molecular complexity index is 1330. The van der Waals surface area contributed by atoms with Crippen molar-refractivity contribution in [3.63, 3.8) is 0 Å². The first-order chi connectivity index (χ1) is 17.8. The highest BCUT2D eigenvalue weighted by Crippen LogP contribution is 2.38. The average molecular weight is 556 g/mol. The van der Waals surface area contributed by atoms with Crippen molar-refractivity contribution in [2.24, 2.45) is 11.8 Å². The number of amides is 2. The molecule has 3 fully saturated rings. The van der Waals surface area contributed by atoms with Crippen molar-refractivity contribution in [1.29, 1.82) is 0 Å². The van der Waals surface area contributed by atoms with E-state index in [1.165, 1.54) is 49.9 Å². The van der Waals surface area contributed by atoms with Crippen LogP contribution in [0, 0.1) is 11.8 Å². The molecule has 0 radical (unpaired) electrons. The molecule has 2 heterocycles. The molecule has 3 aliphatic rings. The summed E-state index contributed by atoms with van der Waals surface area (Å²) in [4.78, 5) is 29.4. The van der Waals surface area contributed by atoms with Crippen molar-refractivity contribution in [1.82, 2.24) is 9.62 Å². The zero-order valence-corrected chi connectivity index (χ0v) is 22.8. The van der Waals surface area contributed by atoms with E-state index in [4.69, 9.17) is 12.2 Å². The second-order valence-electron chi connectivity index (χ2n) is 9.74. The van der Waals surface area contributed by atoms with Crippen LogP contribution in [0.2, 0.25) is 0 Å². The first-order valence-electron chi connectivity index (χ1n) is 12.5. The fourth-order valence-corrected chi connectivity index (χ4v) is 7.64. The molecule has 1 saturated carbocycles. The molecular weight excluding hydrogens is 527 g/mol. The van der Waals surface area contributed by atoms with Crippen molar-refractivity contribution in [3.05, 3.63) is 65.1 Å². The minimum Gasteiger partial charge on any atom is -0.371 e. The summed E-state index contributed by atoms with van der Waals surface area (Å²) in [6, 6.07) is 15.8. The van der Waals surface area contributed by atoms with Gasteiger partial charge in [0, 0.05) is 18.8 Å². The van der Waals surface area contributed by atoms with Crippen molar-refractivity contribution >= 4 is 61.9 Å². The zero-order chi connectivity index (χ0) is 26.0. The maximum Gasteiger partial charge on any atom is 0.266 e. The number of hydrogen-bond donors (Lipinski definition) is 1. The molecule has 1 N–H and O–H groups in total. The van der Waals surface area contributed by atoms with Crippen LogP contribution in [-0.2, 0) is 19.6 Å². The number of carbonyl (C=O) groups excluding carboxylic acids is 2. The number of rotatable bonds is 6. The first kappa shape index (κ1) is 25.9. The molecule has 0 spiro atoms. The van der Waals surface area contributed by atoms with Crippen molar-refractivity contribution < 1.29 is 18.0 Å². The third-order valence-electron chi connectivity index (χ3n) is 7.32. The Kier molecular flexibility index (Phi) is 7.69. The Balaban J connectivity index is 1.21. The predicted molar refractivity (Wildman–Crippen MR) is 150 cm³/mol. The Morgan fingerprint density at radius 2 is 1.73 bits per heavy atom. The van der Waals surface area contributed by atoms with Crippen molar-refractivity contribution in [2.45, 2.75) is 37.0 Å². The minimum atomic E-state index is -4.02. The van der Waals surface area contributed by atoms with Crippen molar-refractivity contribution in [2.75, 3.05) is 24.5 Å². The molecular formula is C27H29N3O4S3. The highest BCUT2D eigenvalue weighted by molar-refractivity contribution is 8.26. The van der Waals surface area contributed by atoms with E-state index in [1.54, 1.807) is 24.3 Å². The van der Waals surface area contributed by atoms with Gasteiger partial charge < -0.3 is 4.90 Å². The Labute approximate surface area is 227 Å². The predicted octanol–water partition coefficient (Wildman–Crippen LogP) is 4.41. The Hall–Kier alpha value is -2.69.